The summed E-state index contributed by atoms with van der Waals surface area (Å²) in [6.45, 7) is 1.82. The molecule has 0 radical (unpaired) electrons. The summed E-state index contributed by atoms with van der Waals surface area (Å²) in [7, 11) is -2.03. The Morgan fingerprint density at radius 3 is 2.40 bits per heavy atom. The summed E-state index contributed by atoms with van der Waals surface area (Å²) in [5.74, 6) is 0.365. The lowest BCUT2D eigenvalue weighted by Gasteiger charge is -2.10. The van der Waals surface area contributed by atoms with Crippen molar-refractivity contribution in [3.05, 3.63) is 40.6 Å². The van der Waals surface area contributed by atoms with Crippen molar-refractivity contribution in [1.29, 1.82) is 0 Å². The van der Waals surface area contributed by atoms with Crippen LogP contribution in [0.25, 0.3) is 0 Å². The van der Waals surface area contributed by atoms with Crippen LogP contribution in [0.2, 0.25) is 0 Å². The first-order valence-electron chi connectivity index (χ1n) is 5.71. The highest BCUT2D eigenvalue weighted by atomic mass is 79.9. The van der Waals surface area contributed by atoms with Gasteiger partial charge in [-0.25, -0.2) is 18.4 Å². The van der Waals surface area contributed by atoms with E-state index in [1.165, 1.54) is 12.4 Å². The van der Waals surface area contributed by atoms with Gasteiger partial charge >= 0.3 is 0 Å². The van der Waals surface area contributed by atoms with Gasteiger partial charge < -0.3 is 5.32 Å². The van der Waals surface area contributed by atoms with Gasteiger partial charge in [0.2, 0.25) is 5.95 Å². The monoisotopic (exact) mass is 356 g/mol. The minimum Gasteiger partial charge on any atom is -0.357 e. The number of anilines is 2. The molecule has 2 aromatic rings. The van der Waals surface area contributed by atoms with Gasteiger partial charge in [-0.2, -0.15) is 0 Å². The summed E-state index contributed by atoms with van der Waals surface area (Å²) < 4.78 is 27.8. The lowest BCUT2D eigenvalue weighted by atomic mass is 10.2. The van der Waals surface area contributed by atoms with Crippen molar-refractivity contribution < 1.29 is 8.42 Å². The standard InChI is InChI=1S/C12H13BrN4O2S/c1-8-5-9(13)3-4-11(8)17-20(18,19)10-6-15-12(14-2)16-7-10/h3-7,17H,1-2H3,(H,14,15,16). The van der Waals surface area contributed by atoms with Crippen molar-refractivity contribution in [2.75, 3.05) is 17.1 Å². The lowest BCUT2D eigenvalue weighted by molar-refractivity contribution is 0.600. The largest absolute Gasteiger partial charge is 0.357 e. The summed E-state index contributed by atoms with van der Waals surface area (Å²) in [6, 6.07) is 5.30. The molecule has 20 heavy (non-hydrogen) atoms. The number of rotatable bonds is 4. The number of hydrogen-bond donors (Lipinski definition) is 2. The fraction of sp³-hybridized carbons (Fsp3) is 0.167. The quantitative estimate of drug-likeness (QED) is 0.878. The maximum atomic E-state index is 12.2. The third-order valence-electron chi connectivity index (χ3n) is 2.59. The number of benzene rings is 1. The Balaban J connectivity index is 2.30. The molecule has 1 heterocycles. The van der Waals surface area contributed by atoms with Crippen LogP contribution >= 0.6 is 15.9 Å². The molecule has 0 fully saturated rings. The average molecular weight is 357 g/mol. The molecule has 0 saturated heterocycles. The second-order valence-electron chi connectivity index (χ2n) is 4.06. The first-order chi connectivity index (χ1) is 9.42. The number of aromatic nitrogens is 2. The zero-order chi connectivity index (χ0) is 14.8. The Morgan fingerprint density at radius 1 is 1.20 bits per heavy atom. The minimum atomic E-state index is -3.69. The highest BCUT2D eigenvalue weighted by Crippen LogP contribution is 2.22. The van der Waals surface area contributed by atoms with E-state index in [1.807, 2.05) is 13.0 Å². The normalized spacial score (nSPS) is 11.2. The third kappa shape index (κ3) is 3.26. The third-order valence-corrected chi connectivity index (χ3v) is 4.41. The lowest BCUT2D eigenvalue weighted by Crippen LogP contribution is -2.14. The van der Waals surface area contributed by atoms with Gasteiger partial charge in [-0.1, -0.05) is 15.9 Å². The van der Waals surface area contributed by atoms with Crippen LogP contribution in [0.5, 0.6) is 0 Å². The van der Waals surface area contributed by atoms with Gasteiger partial charge in [0, 0.05) is 11.5 Å². The molecule has 1 aromatic carbocycles. The summed E-state index contributed by atoms with van der Waals surface area (Å²) >= 11 is 3.33. The van der Waals surface area contributed by atoms with Crippen LogP contribution in [0.1, 0.15) is 5.56 Å². The summed E-state index contributed by atoms with van der Waals surface area (Å²) in [5, 5.41) is 2.73. The van der Waals surface area contributed by atoms with E-state index in [2.05, 4.69) is 35.9 Å². The molecule has 0 unspecified atom stereocenters. The van der Waals surface area contributed by atoms with Crippen LogP contribution in [-0.2, 0) is 10.0 Å². The zero-order valence-corrected chi connectivity index (χ0v) is 13.3. The summed E-state index contributed by atoms with van der Waals surface area (Å²) in [6.07, 6.45) is 2.52. The molecule has 106 valence electrons. The fourth-order valence-corrected chi connectivity index (χ4v) is 3.02. The summed E-state index contributed by atoms with van der Waals surface area (Å²) in [5.41, 5.74) is 1.33. The molecule has 2 rings (SSSR count). The van der Waals surface area contributed by atoms with Crippen LogP contribution in [0.15, 0.2) is 40.0 Å². The molecule has 2 N–H and O–H groups in total. The zero-order valence-electron chi connectivity index (χ0n) is 10.9. The van der Waals surface area contributed by atoms with Gasteiger partial charge in [-0.05, 0) is 30.7 Å². The molecule has 6 nitrogen and oxygen atoms in total. The topological polar surface area (TPSA) is 84.0 Å². The number of halogens is 1. The number of hydrogen-bond acceptors (Lipinski definition) is 5. The Morgan fingerprint density at radius 2 is 1.85 bits per heavy atom. The Hall–Kier alpha value is -1.67. The summed E-state index contributed by atoms with van der Waals surface area (Å²) in [4.78, 5) is 7.80. The van der Waals surface area contributed by atoms with Crippen molar-refractivity contribution in [3.63, 3.8) is 0 Å². The van der Waals surface area contributed by atoms with E-state index in [-0.39, 0.29) is 4.90 Å². The van der Waals surface area contributed by atoms with E-state index in [0.29, 0.717) is 11.6 Å². The number of nitrogens with one attached hydrogen (secondary N) is 2. The molecule has 0 aliphatic heterocycles. The minimum absolute atomic E-state index is 0.0128. The Labute approximate surface area is 125 Å². The molecule has 0 saturated carbocycles. The first-order valence-corrected chi connectivity index (χ1v) is 7.99. The average Bonchev–Trinajstić information content (AvgIpc) is 2.42. The fourth-order valence-electron chi connectivity index (χ4n) is 1.53. The van der Waals surface area contributed by atoms with Crippen LogP contribution in [0, 0.1) is 6.92 Å². The van der Waals surface area contributed by atoms with Crippen LogP contribution in [0.4, 0.5) is 11.6 Å². The van der Waals surface area contributed by atoms with Crippen molar-refractivity contribution in [2.24, 2.45) is 0 Å². The van der Waals surface area contributed by atoms with Gasteiger partial charge in [0.15, 0.2) is 0 Å². The van der Waals surface area contributed by atoms with E-state index in [9.17, 15) is 8.42 Å². The van der Waals surface area contributed by atoms with Crippen LogP contribution in [0.3, 0.4) is 0 Å². The van der Waals surface area contributed by atoms with Crippen molar-refractivity contribution in [1.82, 2.24) is 9.97 Å². The molecule has 0 aliphatic carbocycles. The number of nitrogens with zero attached hydrogens (tertiary/aromatic N) is 2. The van der Waals surface area contributed by atoms with Gasteiger partial charge in [-0.15, -0.1) is 0 Å². The molecule has 1 aromatic heterocycles. The molecule has 0 atom stereocenters. The number of aryl methyl sites for hydroxylation is 1. The second kappa shape index (κ2) is 5.76. The van der Waals surface area contributed by atoms with E-state index in [0.717, 1.165) is 10.0 Å². The molecular weight excluding hydrogens is 344 g/mol. The highest BCUT2D eigenvalue weighted by molar-refractivity contribution is 9.10. The Kier molecular flexibility index (Phi) is 4.24. The maximum Gasteiger partial charge on any atom is 0.264 e. The van der Waals surface area contributed by atoms with Gasteiger partial charge in [0.05, 0.1) is 18.1 Å². The maximum absolute atomic E-state index is 12.2. The van der Waals surface area contributed by atoms with E-state index in [1.54, 1.807) is 19.2 Å². The van der Waals surface area contributed by atoms with Crippen molar-refractivity contribution >= 4 is 37.6 Å². The van der Waals surface area contributed by atoms with Crippen molar-refractivity contribution in [3.8, 4) is 0 Å². The van der Waals surface area contributed by atoms with Gasteiger partial charge in [0.1, 0.15) is 4.90 Å². The molecular formula is C12H13BrN4O2S. The van der Waals surface area contributed by atoms with E-state index in [4.69, 9.17) is 0 Å². The van der Waals surface area contributed by atoms with Crippen LogP contribution < -0.4 is 10.0 Å². The molecule has 0 amide bonds. The number of sulfonamides is 1. The predicted molar refractivity (Wildman–Crippen MR) is 81.3 cm³/mol. The SMILES string of the molecule is CNc1ncc(S(=O)(=O)Nc2ccc(Br)cc2C)cn1. The molecule has 0 spiro atoms. The highest BCUT2D eigenvalue weighted by Gasteiger charge is 2.16. The van der Waals surface area contributed by atoms with E-state index < -0.39 is 10.0 Å². The molecule has 0 aliphatic rings. The van der Waals surface area contributed by atoms with Crippen molar-refractivity contribution in [2.45, 2.75) is 11.8 Å². The molecule has 8 heteroatoms. The van der Waals surface area contributed by atoms with E-state index >= 15 is 0 Å². The Bertz CT molecular complexity index is 717. The van der Waals surface area contributed by atoms with Gasteiger partial charge in [0.25, 0.3) is 10.0 Å². The van der Waals surface area contributed by atoms with Crippen LogP contribution in [-0.4, -0.2) is 25.4 Å². The van der Waals surface area contributed by atoms with Gasteiger partial charge in [-0.3, -0.25) is 4.72 Å². The first kappa shape index (κ1) is 14.7. The predicted octanol–water partition coefficient (Wildman–Crippen LogP) is 2.39. The second-order valence-corrected chi connectivity index (χ2v) is 6.66. The smallest absolute Gasteiger partial charge is 0.264 e. The molecule has 0 bridgehead atoms.